The van der Waals surface area contributed by atoms with Gasteiger partial charge in [0.1, 0.15) is 5.82 Å². The van der Waals surface area contributed by atoms with Crippen molar-refractivity contribution in [2.75, 3.05) is 0 Å². The Bertz CT molecular complexity index is 641. The van der Waals surface area contributed by atoms with Crippen LogP contribution in [0.25, 0.3) is 0 Å². The van der Waals surface area contributed by atoms with E-state index in [2.05, 4.69) is 0 Å². The number of rotatable bonds is 5. The Balaban J connectivity index is 2.17. The molecule has 0 bridgehead atoms. The SMILES string of the molecule is O=C(O)C(Cc1ccc(Cl)cc1)Cc1cc(F)ccc1Cl. The van der Waals surface area contributed by atoms with Crippen LogP contribution >= 0.6 is 23.2 Å². The van der Waals surface area contributed by atoms with Crippen LogP contribution in [0.4, 0.5) is 4.39 Å². The minimum atomic E-state index is -0.940. The Labute approximate surface area is 132 Å². The van der Waals surface area contributed by atoms with E-state index in [0.717, 1.165) is 5.56 Å². The Morgan fingerprint density at radius 3 is 2.38 bits per heavy atom. The molecule has 0 amide bonds. The maximum Gasteiger partial charge on any atom is 0.307 e. The van der Waals surface area contributed by atoms with Crippen molar-refractivity contribution in [1.82, 2.24) is 0 Å². The van der Waals surface area contributed by atoms with E-state index in [0.29, 0.717) is 22.0 Å². The van der Waals surface area contributed by atoms with Gasteiger partial charge in [-0.15, -0.1) is 0 Å². The van der Waals surface area contributed by atoms with Gasteiger partial charge in [0.2, 0.25) is 0 Å². The van der Waals surface area contributed by atoms with E-state index in [-0.39, 0.29) is 6.42 Å². The molecule has 2 nitrogen and oxygen atoms in total. The fourth-order valence-corrected chi connectivity index (χ4v) is 2.44. The topological polar surface area (TPSA) is 37.3 Å². The lowest BCUT2D eigenvalue weighted by Crippen LogP contribution is -2.19. The number of carboxylic acid groups (broad SMARTS) is 1. The molecule has 5 heteroatoms. The van der Waals surface area contributed by atoms with Gasteiger partial charge in [-0.25, -0.2) is 4.39 Å². The van der Waals surface area contributed by atoms with E-state index in [1.54, 1.807) is 24.3 Å². The van der Waals surface area contributed by atoms with Crippen LogP contribution in [-0.2, 0) is 17.6 Å². The van der Waals surface area contributed by atoms with Crippen molar-refractivity contribution in [3.8, 4) is 0 Å². The summed E-state index contributed by atoms with van der Waals surface area (Å²) >= 11 is 11.8. The number of hydrogen-bond acceptors (Lipinski definition) is 1. The van der Waals surface area contributed by atoms with Crippen LogP contribution in [0.3, 0.4) is 0 Å². The molecule has 21 heavy (non-hydrogen) atoms. The molecule has 0 saturated carbocycles. The van der Waals surface area contributed by atoms with Crippen LogP contribution in [0.2, 0.25) is 10.0 Å². The van der Waals surface area contributed by atoms with E-state index in [4.69, 9.17) is 23.2 Å². The zero-order valence-electron chi connectivity index (χ0n) is 11.0. The summed E-state index contributed by atoms with van der Waals surface area (Å²) in [4.78, 5) is 11.4. The highest BCUT2D eigenvalue weighted by Crippen LogP contribution is 2.23. The summed E-state index contributed by atoms with van der Waals surface area (Å²) in [5.41, 5.74) is 1.36. The lowest BCUT2D eigenvalue weighted by molar-refractivity contribution is -0.141. The Morgan fingerprint density at radius 2 is 1.76 bits per heavy atom. The minimum absolute atomic E-state index is 0.175. The summed E-state index contributed by atoms with van der Waals surface area (Å²) in [5, 5.41) is 10.3. The molecule has 0 aromatic heterocycles. The number of carboxylic acids is 1. The van der Waals surface area contributed by atoms with Gasteiger partial charge in [-0.1, -0.05) is 35.3 Å². The molecule has 0 saturated heterocycles. The summed E-state index contributed by atoms with van der Waals surface area (Å²) in [6, 6.07) is 11.0. The van der Waals surface area contributed by atoms with Crippen molar-refractivity contribution in [2.45, 2.75) is 12.8 Å². The minimum Gasteiger partial charge on any atom is -0.481 e. The highest BCUT2D eigenvalue weighted by molar-refractivity contribution is 6.31. The van der Waals surface area contributed by atoms with E-state index in [9.17, 15) is 14.3 Å². The van der Waals surface area contributed by atoms with Gasteiger partial charge in [-0.3, -0.25) is 4.79 Å². The summed E-state index contributed by atoms with van der Waals surface area (Å²) in [7, 11) is 0. The van der Waals surface area contributed by atoms with Crippen LogP contribution in [0.15, 0.2) is 42.5 Å². The van der Waals surface area contributed by atoms with Gasteiger partial charge >= 0.3 is 5.97 Å². The Morgan fingerprint density at radius 1 is 1.10 bits per heavy atom. The molecule has 1 N–H and O–H groups in total. The fourth-order valence-electron chi connectivity index (χ4n) is 2.12. The second-order valence-electron chi connectivity index (χ2n) is 4.81. The normalized spacial score (nSPS) is 12.1. The summed E-state index contributed by atoms with van der Waals surface area (Å²) < 4.78 is 13.2. The second kappa shape index (κ2) is 6.92. The first-order valence-corrected chi connectivity index (χ1v) is 7.12. The van der Waals surface area contributed by atoms with Crippen molar-refractivity contribution in [3.63, 3.8) is 0 Å². The van der Waals surface area contributed by atoms with Gasteiger partial charge in [0.25, 0.3) is 0 Å². The smallest absolute Gasteiger partial charge is 0.307 e. The average molecular weight is 327 g/mol. The third kappa shape index (κ3) is 4.45. The fraction of sp³-hybridized carbons (Fsp3) is 0.188. The molecular weight excluding hydrogens is 314 g/mol. The zero-order valence-corrected chi connectivity index (χ0v) is 12.5. The third-order valence-electron chi connectivity index (χ3n) is 3.22. The third-order valence-corrected chi connectivity index (χ3v) is 3.84. The van der Waals surface area contributed by atoms with Gasteiger partial charge < -0.3 is 5.11 Å². The van der Waals surface area contributed by atoms with Gasteiger partial charge in [0.15, 0.2) is 0 Å². The van der Waals surface area contributed by atoms with Crippen molar-refractivity contribution in [3.05, 3.63) is 69.5 Å². The summed E-state index contributed by atoms with van der Waals surface area (Å²) in [6.45, 7) is 0. The molecule has 0 aliphatic carbocycles. The summed E-state index contributed by atoms with van der Waals surface area (Å²) in [5.74, 6) is -2.04. The van der Waals surface area contributed by atoms with Crippen molar-refractivity contribution >= 4 is 29.2 Å². The molecule has 0 heterocycles. The highest BCUT2D eigenvalue weighted by Gasteiger charge is 2.20. The lowest BCUT2D eigenvalue weighted by atomic mass is 9.92. The molecule has 2 aromatic rings. The Kier molecular flexibility index (Phi) is 5.21. The van der Waals surface area contributed by atoms with Gasteiger partial charge in [0.05, 0.1) is 5.92 Å². The molecule has 0 aliphatic rings. The number of halogens is 3. The quantitative estimate of drug-likeness (QED) is 0.870. The van der Waals surface area contributed by atoms with Gasteiger partial charge in [-0.2, -0.15) is 0 Å². The number of benzene rings is 2. The number of hydrogen-bond donors (Lipinski definition) is 1. The van der Waals surface area contributed by atoms with Gasteiger partial charge in [-0.05, 0) is 54.3 Å². The molecule has 1 atom stereocenters. The maximum atomic E-state index is 13.2. The molecule has 0 radical (unpaired) electrons. The predicted octanol–water partition coefficient (Wildman–Crippen LogP) is 4.62. The zero-order chi connectivity index (χ0) is 15.4. The summed E-state index contributed by atoms with van der Waals surface area (Å²) in [6.07, 6.45) is 0.508. The standard InChI is InChI=1S/C16H13Cl2FO2/c17-13-3-1-10(2-4-13)7-12(16(20)21)8-11-9-14(19)5-6-15(11)18/h1-6,9,12H,7-8H2,(H,20,21). The Hall–Kier alpha value is -1.58. The second-order valence-corrected chi connectivity index (χ2v) is 5.65. The van der Waals surface area contributed by atoms with E-state index in [1.165, 1.54) is 18.2 Å². The number of aliphatic carboxylic acids is 1. The van der Waals surface area contributed by atoms with Crippen molar-refractivity contribution in [1.29, 1.82) is 0 Å². The molecule has 110 valence electrons. The molecule has 2 aromatic carbocycles. The average Bonchev–Trinajstić information content (AvgIpc) is 2.44. The first-order valence-electron chi connectivity index (χ1n) is 6.37. The first kappa shape index (κ1) is 15.8. The van der Waals surface area contributed by atoms with Gasteiger partial charge in [0, 0.05) is 10.0 Å². The van der Waals surface area contributed by atoms with Crippen LogP contribution in [-0.4, -0.2) is 11.1 Å². The van der Waals surface area contributed by atoms with Crippen LogP contribution in [0, 0.1) is 11.7 Å². The lowest BCUT2D eigenvalue weighted by Gasteiger charge is -2.14. The van der Waals surface area contributed by atoms with Crippen molar-refractivity contribution < 1.29 is 14.3 Å². The largest absolute Gasteiger partial charge is 0.481 e. The van der Waals surface area contributed by atoms with E-state index >= 15 is 0 Å². The molecule has 1 unspecified atom stereocenters. The molecule has 0 fully saturated rings. The predicted molar refractivity (Wildman–Crippen MR) is 81.4 cm³/mol. The highest BCUT2D eigenvalue weighted by atomic mass is 35.5. The molecule has 2 rings (SSSR count). The molecule has 0 aliphatic heterocycles. The number of carbonyl (C=O) groups is 1. The van der Waals surface area contributed by atoms with Crippen molar-refractivity contribution in [2.24, 2.45) is 5.92 Å². The molecular formula is C16H13Cl2FO2. The van der Waals surface area contributed by atoms with Crippen LogP contribution in [0.1, 0.15) is 11.1 Å². The van der Waals surface area contributed by atoms with Crippen LogP contribution < -0.4 is 0 Å². The van der Waals surface area contributed by atoms with E-state index < -0.39 is 17.7 Å². The monoisotopic (exact) mass is 326 g/mol. The van der Waals surface area contributed by atoms with Crippen LogP contribution in [0.5, 0.6) is 0 Å². The first-order chi connectivity index (χ1) is 9.95. The van der Waals surface area contributed by atoms with E-state index in [1.807, 2.05) is 0 Å². The maximum absolute atomic E-state index is 13.2. The molecule has 0 spiro atoms.